The molecule has 21 heavy (non-hydrogen) atoms. The van der Waals surface area contributed by atoms with Crippen molar-refractivity contribution in [1.29, 1.82) is 0 Å². The average molecular weight is 336 g/mol. The Bertz CT molecular complexity index is 809. The highest BCUT2D eigenvalue weighted by molar-refractivity contribution is 6.42. The molecule has 3 aromatic rings. The largest absolute Gasteiger partial charge is 0.113 e. The lowest BCUT2D eigenvalue weighted by Gasteiger charge is -2.15. The molecule has 0 fully saturated rings. The van der Waals surface area contributed by atoms with Crippen LogP contribution in [0.2, 0.25) is 10.0 Å². The van der Waals surface area contributed by atoms with E-state index in [0.29, 0.717) is 10.0 Å². The van der Waals surface area contributed by atoms with Crippen molar-refractivity contribution in [3.05, 3.63) is 81.3 Å². The molecule has 0 aromatic heterocycles. The van der Waals surface area contributed by atoms with Gasteiger partial charge in [-0.05, 0) is 46.5 Å². The predicted octanol–water partition coefficient (Wildman–Crippen LogP) is 6.78. The second-order valence-electron chi connectivity index (χ2n) is 5.05. The van der Waals surface area contributed by atoms with Crippen LogP contribution in [0, 0.1) is 6.92 Å². The lowest BCUT2D eigenvalue weighted by Crippen LogP contribution is -1.96. The van der Waals surface area contributed by atoms with Gasteiger partial charge in [-0.1, -0.05) is 65.7 Å². The quantitative estimate of drug-likeness (QED) is 0.453. The Balaban J connectivity index is 2.15. The second kappa shape index (κ2) is 5.88. The van der Waals surface area contributed by atoms with Crippen molar-refractivity contribution in [2.45, 2.75) is 12.3 Å². The fourth-order valence-corrected chi connectivity index (χ4v) is 3.18. The summed E-state index contributed by atoms with van der Waals surface area (Å²) in [5.74, 6) is 0. The Kier molecular flexibility index (Phi) is 4.12. The molecule has 0 spiro atoms. The first-order valence-corrected chi connectivity index (χ1v) is 7.84. The Morgan fingerprint density at radius 3 is 2.24 bits per heavy atom. The summed E-state index contributed by atoms with van der Waals surface area (Å²) in [7, 11) is 0. The summed E-state index contributed by atoms with van der Waals surface area (Å²) in [4.78, 5) is 0. The Hall–Kier alpha value is -1.21. The van der Waals surface area contributed by atoms with Crippen molar-refractivity contribution >= 4 is 45.6 Å². The van der Waals surface area contributed by atoms with Gasteiger partial charge in [0.15, 0.2) is 0 Å². The van der Waals surface area contributed by atoms with Gasteiger partial charge in [0.25, 0.3) is 0 Å². The summed E-state index contributed by atoms with van der Waals surface area (Å²) in [5.41, 5.74) is 3.27. The van der Waals surface area contributed by atoms with Crippen LogP contribution in [0.15, 0.2) is 54.6 Å². The number of halogens is 3. The van der Waals surface area contributed by atoms with E-state index in [1.165, 1.54) is 16.3 Å². The van der Waals surface area contributed by atoms with Crippen molar-refractivity contribution in [3.63, 3.8) is 0 Å². The Morgan fingerprint density at radius 1 is 0.810 bits per heavy atom. The first kappa shape index (κ1) is 14.7. The zero-order valence-electron chi connectivity index (χ0n) is 11.4. The third-order valence-corrected chi connectivity index (χ3v) is 4.91. The summed E-state index contributed by atoms with van der Waals surface area (Å²) in [5, 5.41) is 3.20. The van der Waals surface area contributed by atoms with E-state index in [4.69, 9.17) is 34.8 Å². The maximum atomic E-state index is 6.69. The molecule has 0 saturated carbocycles. The lowest BCUT2D eigenvalue weighted by atomic mass is 9.95. The molecule has 0 saturated heterocycles. The van der Waals surface area contributed by atoms with Gasteiger partial charge in [-0.2, -0.15) is 0 Å². The summed E-state index contributed by atoms with van der Waals surface area (Å²) in [6.45, 7) is 2.11. The van der Waals surface area contributed by atoms with E-state index in [1.807, 2.05) is 24.3 Å². The average Bonchev–Trinajstić information content (AvgIpc) is 2.50. The van der Waals surface area contributed by atoms with Crippen LogP contribution in [-0.2, 0) is 0 Å². The van der Waals surface area contributed by atoms with Crippen LogP contribution >= 0.6 is 34.8 Å². The SMILES string of the molecule is Cc1ccc(C(Cl)c2ccc(Cl)c(Cl)c2)c2ccccc12. The number of hydrogen-bond acceptors (Lipinski definition) is 0. The molecule has 0 radical (unpaired) electrons. The number of aryl methyl sites for hydroxylation is 1. The molecular formula is C18H13Cl3. The topological polar surface area (TPSA) is 0 Å². The van der Waals surface area contributed by atoms with Crippen molar-refractivity contribution < 1.29 is 0 Å². The van der Waals surface area contributed by atoms with Gasteiger partial charge < -0.3 is 0 Å². The standard InChI is InChI=1S/C18H13Cl3/c1-11-6-8-15(14-5-3-2-4-13(11)14)18(21)12-7-9-16(19)17(20)10-12/h2-10,18H,1H3. The highest BCUT2D eigenvalue weighted by Crippen LogP contribution is 2.37. The number of rotatable bonds is 2. The predicted molar refractivity (Wildman–Crippen MR) is 92.8 cm³/mol. The molecular weight excluding hydrogens is 323 g/mol. The minimum Gasteiger partial charge on any atom is -0.113 e. The van der Waals surface area contributed by atoms with Crippen LogP contribution in [0.25, 0.3) is 10.8 Å². The van der Waals surface area contributed by atoms with Crippen LogP contribution in [0.3, 0.4) is 0 Å². The summed E-state index contributed by atoms with van der Waals surface area (Å²) >= 11 is 18.8. The van der Waals surface area contributed by atoms with E-state index in [1.54, 1.807) is 6.07 Å². The van der Waals surface area contributed by atoms with Gasteiger partial charge in [0.2, 0.25) is 0 Å². The molecule has 0 bridgehead atoms. The maximum absolute atomic E-state index is 6.69. The molecule has 106 valence electrons. The highest BCUT2D eigenvalue weighted by Gasteiger charge is 2.15. The molecule has 0 aliphatic heterocycles. The van der Waals surface area contributed by atoms with Crippen molar-refractivity contribution in [1.82, 2.24) is 0 Å². The van der Waals surface area contributed by atoms with E-state index in [0.717, 1.165) is 11.1 Å². The van der Waals surface area contributed by atoms with Gasteiger partial charge in [0.1, 0.15) is 0 Å². The minimum atomic E-state index is -0.259. The van der Waals surface area contributed by atoms with E-state index in [-0.39, 0.29) is 5.38 Å². The number of fused-ring (bicyclic) bond motifs is 1. The van der Waals surface area contributed by atoms with Crippen LogP contribution in [0.4, 0.5) is 0 Å². The van der Waals surface area contributed by atoms with Gasteiger partial charge in [-0.25, -0.2) is 0 Å². The summed E-state index contributed by atoms with van der Waals surface area (Å²) in [6.07, 6.45) is 0. The first-order valence-electron chi connectivity index (χ1n) is 6.65. The molecule has 3 heteroatoms. The normalized spacial score (nSPS) is 12.6. The van der Waals surface area contributed by atoms with E-state index in [9.17, 15) is 0 Å². The highest BCUT2D eigenvalue weighted by atomic mass is 35.5. The summed E-state index contributed by atoms with van der Waals surface area (Å²) < 4.78 is 0. The van der Waals surface area contributed by atoms with Crippen molar-refractivity contribution in [3.8, 4) is 0 Å². The molecule has 0 aliphatic carbocycles. The van der Waals surface area contributed by atoms with E-state index >= 15 is 0 Å². The Morgan fingerprint density at radius 2 is 1.52 bits per heavy atom. The monoisotopic (exact) mass is 334 g/mol. The zero-order chi connectivity index (χ0) is 15.0. The van der Waals surface area contributed by atoms with Crippen LogP contribution in [0.5, 0.6) is 0 Å². The molecule has 1 unspecified atom stereocenters. The lowest BCUT2D eigenvalue weighted by molar-refractivity contribution is 1.16. The van der Waals surface area contributed by atoms with Gasteiger partial charge in [-0.3, -0.25) is 0 Å². The van der Waals surface area contributed by atoms with Crippen LogP contribution < -0.4 is 0 Å². The maximum Gasteiger partial charge on any atom is 0.0841 e. The first-order chi connectivity index (χ1) is 10.1. The van der Waals surface area contributed by atoms with Crippen molar-refractivity contribution in [2.24, 2.45) is 0 Å². The van der Waals surface area contributed by atoms with E-state index < -0.39 is 0 Å². The Labute approximate surface area is 139 Å². The third kappa shape index (κ3) is 2.76. The molecule has 3 rings (SSSR count). The fraction of sp³-hybridized carbons (Fsp3) is 0.111. The molecule has 1 atom stereocenters. The van der Waals surface area contributed by atoms with Gasteiger partial charge in [0.05, 0.1) is 15.4 Å². The fourth-order valence-electron chi connectivity index (χ4n) is 2.54. The van der Waals surface area contributed by atoms with E-state index in [2.05, 4.69) is 31.2 Å². The van der Waals surface area contributed by atoms with Gasteiger partial charge in [0, 0.05) is 0 Å². The van der Waals surface area contributed by atoms with Crippen LogP contribution in [0.1, 0.15) is 22.1 Å². The molecule has 0 heterocycles. The van der Waals surface area contributed by atoms with Gasteiger partial charge in [-0.15, -0.1) is 11.6 Å². The molecule has 3 aromatic carbocycles. The molecule has 0 nitrogen and oxygen atoms in total. The number of benzene rings is 3. The van der Waals surface area contributed by atoms with Crippen molar-refractivity contribution in [2.75, 3.05) is 0 Å². The molecule has 0 amide bonds. The second-order valence-corrected chi connectivity index (χ2v) is 6.30. The number of hydrogen-bond donors (Lipinski definition) is 0. The molecule has 0 N–H and O–H groups in total. The molecule has 0 aliphatic rings. The smallest absolute Gasteiger partial charge is 0.0841 e. The summed E-state index contributed by atoms with van der Waals surface area (Å²) in [6, 6.07) is 18.0. The minimum absolute atomic E-state index is 0.259. The number of alkyl halides is 1. The van der Waals surface area contributed by atoms with Crippen LogP contribution in [-0.4, -0.2) is 0 Å². The third-order valence-electron chi connectivity index (χ3n) is 3.69. The van der Waals surface area contributed by atoms with Gasteiger partial charge >= 0.3 is 0 Å². The zero-order valence-corrected chi connectivity index (χ0v) is 13.7.